The van der Waals surface area contributed by atoms with E-state index in [0.717, 1.165) is 23.3 Å². The van der Waals surface area contributed by atoms with E-state index in [0.29, 0.717) is 5.39 Å². The first kappa shape index (κ1) is 11.9. The Morgan fingerprint density at radius 2 is 1.76 bits per heavy atom. The normalized spacial score (nSPS) is 11.2. The highest BCUT2D eigenvalue weighted by Gasteiger charge is 2.08. The van der Waals surface area contributed by atoms with Gasteiger partial charge < -0.3 is 4.98 Å². The van der Waals surface area contributed by atoms with E-state index in [-0.39, 0.29) is 5.56 Å². The van der Waals surface area contributed by atoms with Gasteiger partial charge in [0, 0.05) is 12.5 Å². The lowest BCUT2D eigenvalue weighted by Gasteiger charge is -1.99. The van der Waals surface area contributed by atoms with Crippen molar-refractivity contribution < 1.29 is 0 Å². The molecule has 4 heteroatoms. The lowest BCUT2D eigenvalue weighted by atomic mass is 10.1. The molecule has 4 nitrogen and oxygen atoms in total. The van der Waals surface area contributed by atoms with Gasteiger partial charge in [-0.1, -0.05) is 42.5 Å². The van der Waals surface area contributed by atoms with Crippen LogP contribution in [-0.2, 0) is 6.42 Å². The Balaban J connectivity index is 1.90. The van der Waals surface area contributed by atoms with Gasteiger partial charge in [0.25, 0.3) is 5.56 Å². The summed E-state index contributed by atoms with van der Waals surface area (Å²) in [6.07, 6.45) is 0.749. The van der Waals surface area contributed by atoms with Gasteiger partial charge in [-0.3, -0.25) is 4.79 Å². The number of benzene rings is 2. The van der Waals surface area contributed by atoms with Crippen LogP contribution in [0.4, 0.5) is 0 Å². The quantitative estimate of drug-likeness (QED) is 0.611. The summed E-state index contributed by atoms with van der Waals surface area (Å²) in [5.74, 6) is 0. The van der Waals surface area contributed by atoms with E-state index in [1.807, 2.05) is 48.5 Å². The first-order chi connectivity index (χ1) is 10.3. The number of para-hydroxylation sites is 1. The standard InChI is InChI=1S/C17H13N3O/c21-17-14-8-4-5-9-15(14)20-16(18-17)11-13(19-20)10-12-6-2-1-3-7-12/h1-9,11H,10H2,(H,18,21). The van der Waals surface area contributed by atoms with Crippen molar-refractivity contribution in [1.82, 2.24) is 14.6 Å². The molecule has 0 unspecified atom stereocenters. The fraction of sp³-hybridized carbons (Fsp3) is 0.0588. The third kappa shape index (κ3) is 2.01. The number of aromatic amines is 1. The molecule has 0 aliphatic heterocycles. The molecule has 1 N–H and O–H groups in total. The number of hydrogen-bond donors (Lipinski definition) is 1. The minimum atomic E-state index is -0.0794. The molecule has 2 aromatic carbocycles. The van der Waals surface area contributed by atoms with Crippen LogP contribution in [0.5, 0.6) is 0 Å². The second kappa shape index (κ2) is 4.59. The second-order valence-electron chi connectivity index (χ2n) is 5.07. The number of nitrogens with one attached hydrogen (secondary N) is 1. The average molecular weight is 275 g/mol. The summed E-state index contributed by atoms with van der Waals surface area (Å²) in [5.41, 5.74) is 3.62. The molecule has 0 fully saturated rings. The first-order valence-electron chi connectivity index (χ1n) is 6.85. The van der Waals surface area contributed by atoms with Crippen LogP contribution in [0.2, 0.25) is 0 Å². The van der Waals surface area contributed by atoms with Crippen molar-refractivity contribution in [2.24, 2.45) is 0 Å². The Hall–Kier alpha value is -2.88. The third-order valence-electron chi connectivity index (χ3n) is 3.61. The molecule has 0 saturated heterocycles. The molecular formula is C17H13N3O. The molecule has 4 aromatic rings. The molecule has 0 spiro atoms. The van der Waals surface area contributed by atoms with E-state index in [4.69, 9.17) is 0 Å². The molecule has 2 heterocycles. The van der Waals surface area contributed by atoms with Crippen LogP contribution in [0.3, 0.4) is 0 Å². The molecule has 0 atom stereocenters. The summed E-state index contributed by atoms with van der Waals surface area (Å²) in [6, 6.07) is 19.6. The van der Waals surface area contributed by atoms with Gasteiger partial charge in [-0.15, -0.1) is 0 Å². The Morgan fingerprint density at radius 3 is 2.62 bits per heavy atom. The minimum Gasteiger partial charge on any atom is -0.306 e. The molecule has 0 aliphatic carbocycles. The average Bonchev–Trinajstić information content (AvgIpc) is 2.91. The zero-order valence-electron chi connectivity index (χ0n) is 11.3. The number of H-pyrrole nitrogens is 1. The lowest BCUT2D eigenvalue weighted by Crippen LogP contribution is -2.09. The summed E-state index contributed by atoms with van der Waals surface area (Å²) < 4.78 is 1.80. The lowest BCUT2D eigenvalue weighted by molar-refractivity contribution is 0.925. The molecular weight excluding hydrogens is 262 g/mol. The van der Waals surface area contributed by atoms with Gasteiger partial charge in [-0.05, 0) is 17.7 Å². The van der Waals surface area contributed by atoms with E-state index in [9.17, 15) is 4.79 Å². The van der Waals surface area contributed by atoms with Crippen molar-refractivity contribution in [2.75, 3.05) is 0 Å². The Labute approximate surface area is 120 Å². The monoisotopic (exact) mass is 275 g/mol. The summed E-state index contributed by atoms with van der Waals surface area (Å²) in [6.45, 7) is 0. The molecule has 0 bridgehead atoms. The topological polar surface area (TPSA) is 50.2 Å². The van der Waals surface area contributed by atoms with Gasteiger partial charge in [0.1, 0.15) is 5.65 Å². The Bertz CT molecular complexity index is 983. The molecule has 4 rings (SSSR count). The molecule has 2 aromatic heterocycles. The predicted octanol–water partition coefficient (Wildman–Crippen LogP) is 2.77. The van der Waals surface area contributed by atoms with Crippen molar-refractivity contribution in [2.45, 2.75) is 6.42 Å². The van der Waals surface area contributed by atoms with E-state index >= 15 is 0 Å². The highest BCUT2D eigenvalue weighted by molar-refractivity contribution is 5.79. The van der Waals surface area contributed by atoms with Crippen LogP contribution in [0.1, 0.15) is 11.3 Å². The highest BCUT2D eigenvalue weighted by atomic mass is 16.1. The van der Waals surface area contributed by atoms with E-state index in [2.05, 4.69) is 22.2 Å². The van der Waals surface area contributed by atoms with E-state index in [1.54, 1.807) is 4.52 Å². The molecule has 0 radical (unpaired) electrons. The van der Waals surface area contributed by atoms with Crippen molar-refractivity contribution >= 4 is 16.6 Å². The zero-order valence-corrected chi connectivity index (χ0v) is 11.3. The van der Waals surface area contributed by atoms with Gasteiger partial charge in [-0.2, -0.15) is 5.10 Å². The summed E-state index contributed by atoms with van der Waals surface area (Å²) in [5, 5.41) is 5.28. The SMILES string of the molecule is O=c1[nH]c2cc(Cc3ccccc3)nn2c2ccccc12. The smallest absolute Gasteiger partial charge is 0.259 e. The fourth-order valence-corrected chi connectivity index (χ4v) is 2.63. The maximum absolute atomic E-state index is 12.1. The molecule has 102 valence electrons. The highest BCUT2D eigenvalue weighted by Crippen LogP contribution is 2.14. The van der Waals surface area contributed by atoms with Crippen LogP contribution >= 0.6 is 0 Å². The Kier molecular flexibility index (Phi) is 2.60. The summed E-state index contributed by atoms with van der Waals surface area (Å²) in [7, 11) is 0. The van der Waals surface area contributed by atoms with Crippen molar-refractivity contribution in [3.8, 4) is 0 Å². The van der Waals surface area contributed by atoms with E-state index < -0.39 is 0 Å². The summed E-state index contributed by atoms with van der Waals surface area (Å²) >= 11 is 0. The predicted molar refractivity (Wildman–Crippen MR) is 82.6 cm³/mol. The van der Waals surface area contributed by atoms with Crippen molar-refractivity contribution in [1.29, 1.82) is 0 Å². The number of fused-ring (bicyclic) bond motifs is 3. The number of aromatic nitrogens is 3. The van der Waals surface area contributed by atoms with Crippen LogP contribution in [0.15, 0.2) is 65.5 Å². The van der Waals surface area contributed by atoms with E-state index in [1.165, 1.54) is 5.56 Å². The Morgan fingerprint density at radius 1 is 1.00 bits per heavy atom. The molecule has 21 heavy (non-hydrogen) atoms. The minimum absolute atomic E-state index is 0.0794. The summed E-state index contributed by atoms with van der Waals surface area (Å²) in [4.78, 5) is 14.9. The van der Waals surface area contributed by atoms with Crippen LogP contribution in [0, 0.1) is 0 Å². The van der Waals surface area contributed by atoms with Crippen LogP contribution in [-0.4, -0.2) is 14.6 Å². The molecule has 0 amide bonds. The van der Waals surface area contributed by atoms with Crippen LogP contribution in [0.25, 0.3) is 16.6 Å². The third-order valence-corrected chi connectivity index (χ3v) is 3.61. The molecule has 0 saturated carbocycles. The molecule has 0 aliphatic rings. The van der Waals surface area contributed by atoms with Gasteiger partial charge >= 0.3 is 0 Å². The number of hydrogen-bond acceptors (Lipinski definition) is 2. The second-order valence-corrected chi connectivity index (χ2v) is 5.07. The number of rotatable bonds is 2. The van der Waals surface area contributed by atoms with Gasteiger partial charge in [0.05, 0.1) is 16.6 Å². The largest absolute Gasteiger partial charge is 0.306 e. The van der Waals surface area contributed by atoms with Gasteiger partial charge in [0.2, 0.25) is 0 Å². The van der Waals surface area contributed by atoms with Gasteiger partial charge in [-0.25, -0.2) is 4.52 Å². The van der Waals surface area contributed by atoms with Crippen molar-refractivity contribution in [3.05, 3.63) is 82.3 Å². The van der Waals surface area contributed by atoms with Crippen molar-refractivity contribution in [3.63, 3.8) is 0 Å². The number of nitrogens with zero attached hydrogens (tertiary/aromatic N) is 2. The first-order valence-corrected chi connectivity index (χ1v) is 6.85. The maximum atomic E-state index is 12.1. The maximum Gasteiger partial charge on any atom is 0.259 e. The van der Waals surface area contributed by atoms with Gasteiger partial charge in [0.15, 0.2) is 0 Å². The fourth-order valence-electron chi connectivity index (χ4n) is 2.63. The van der Waals surface area contributed by atoms with Crippen LogP contribution < -0.4 is 5.56 Å². The zero-order chi connectivity index (χ0) is 14.2.